The molecule has 8 heteroatoms. The first-order valence-electron chi connectivity index (χ1n) is 8.96. The van der Waals surface area contributed by atoms with Gasteiger partial charge in [0.15, 0.2) is 0 Å². The number of furan rings is 1. The van der Waals surface area contributed by atoms with Crippen LogP contribution in [0.3, 0.4) is 0 Å². The lowest BCUT2D eigenvalue weighted by atomic mass is 9.94. The number of nitrogens with zero attached hydrogens (tertiary/aromatic N) is 3. The van der Waals surface area contributed by atoms with Gasteiger partial charge in [0.1, 0.15) is 12.3 Å². The topological polar surface area (TPSA) is 86.1 Å². The summed E-state index contributed by atoms with van der Waals surface area (Å²) >= 11 is 0. The molecule has 4 rings (SSSR count). The molecule has 2 bridgehead atoms. The fraction of sp³-hybridized carbons (Fsp3) is 0.611. The predicted molar refractivity (Wildman–Crippen MR) is 93.9 cm³/mol. The normalized spacial score (nSPS) is 23.0. The maximum atomic E-state index is 12.7. The van der Waals surface area contributed by atoms with E-state index in [0.717, 1.165) is 12.8 Å². The van der Waals surface area contributed by atoms with E-state index in [1.807, 2.05) is 11.0 Å². The maximum absolute atomic E-state index is 12.7. The lowest BCUT2D eigenvalue weighted by molar-refractivity contribution is -0.145. The number of likely N-dealkylation sites (N-methyl/N-ethyl adjacent to an activating group) is 1. The van der Waals surface area contributed by atoms with Crippen molar-refractivity contribution in [1.29, 1.82) is 0 Å². The van der Waals surface area contributed by atoms with Crippen molar-refractivity contribution in [2.24, 2.45) is 5.92 Å². The monoisotopic (exact) mass is 362 g/mol. The molecule has 0 saturated carbocycles. The van der Waals surface area contributed by atoms with Crippen LogP contribution < -0.4 is 5.32 Å². The highest BCUT2D eigenvalue weighted by atomic mass is 16.3. The van der Waals surface area contributed by atoms with E-state index in [9.17, 15) is 14.4 Å². The van der Waals surface area contributed by atoms with E-state index >= 15 is 0 Å². The number of rotatable bonds is 6. The predicted octanol–water partition coefficient (Wildman–Crippen LogP) is -0.0932. The fourth-order valence-corrected chi connectivity index (χ4v) is 3.61. The zero-order valence-electron chi connectivity index (χ0n) is 15.3. The van der Waals surface area contributed by atoms with Gasteiger partial charge in [-0.05, 0) is 25.0 Å². The molecule has 8 nitrogen and oxygen atoms in total. The quantitative estimate of drug-likeness (QED) is 0.764. The molecule has 0 aliphatic carbocycles. The van der Waals surface area contributed by atoms with Crippen LogP contribution in [0.5, 0.6) is 0 Å². The number of fused-ring (bicyclic) bond motifs is 4. The standard InChI is InChI=1S/C18H26N4O4/c1-20(2)17(24)12-22-14-6-5-13(18(22)25)9-21(10-14)11-16(23)19-8-15-4-3-7-26-15/h3-4,7,13-14H,5-6,8-12H2,1-2H3,(H,19,23)/t13-,14+/m1/s1. The van der Waals surface area contributed by atoms with Crippen LogP contribution in [-0.4, -0.2) is 78.7 Å². The number of hydrogen-bond donors (Lipinski definition) is 1. The first-order valence-corrected chi connectivity index (χ1v) is 8.96. The largest absolute Gasteiger partial charge is 0.467 e. The molecule has 2 atom stereocenters. The van der Waals surface area contributed by atoms with E-state index in [0.29, 0.717) is 25.4 Å². The van der Waals surface area contributed by atoms with Crippen molar-refractivity contribution >= 4 is 17.7 Å². The number of carbonyl (C=O) groups excluding carboxylic acids is 3. The molecule has 4 heterocycles. The van der Waals surface area contributed by atoms with Gasteiger partial charge in [-0.1, -0.05) is 0 Å². The van der Waals surface area contributed by atoms with Crippen LogP contribution in [0, 0.1) is 5.92 Å². The molecule has 3 aliphatic rings. The maximum Gasteiger partial charge on any atom is 0.241 e. The van der Waals surface area contributed by atoms with Gasteiger partial charge < -0.3 is 19.5 Å². The molecule has 3 saturated heterocycles. The highest BCUT2D eigenvalue weighted by Gasteiger charge is 2.41. The Balaban J connectivity index is 1.57. The van der Waals surface area contributed by atoms with Crippen LogP contribution in [0.1, 0.15) is 18.6 Å². The number of nitrogens with one attached hydrogen (secondary N) is 1. The molecule has 0 spiro atoms. The van der Waals surface area contributed by atoms with Gasteiger partial charge in [-0.15, -0.1) is 0 Å². The average Bonchev–Trinajstić information content (AvgIpc) is 2.99. The first-order chi connectivity index (χ1) is 12.4. The third kappa shape index (κ3) is 4.24. The second-order valence-electron chi connectivity index (χ2n) is 7.23. The van der Waals surface area contributed by atoms with E-state index in [2.05, 4.69) is 5.32 Å². The molecule has 1 N–H and O–H groups in total. The van der Waals surface area contributed by atoms with Crippen molar-refractivity contribution in [3.8, 4) is 0 Å². The van der Waals surface area contributed by atoms with Gasteiger partial charge in [0.25, 0.3) is 0 Å². The van der Waals surface area contributed by atoms with Crippen molar-refractivity contribution in [3.05, 3.63) is 24.2 Å². The molecule has 0 aromatic carbocycles. The van der Waals surface area contributed by atoms with Gasteiger partial charge in [-0.2, -0.15) is 0 Å². The smallest absolute Gasteiger partial charge is 0.241 e. The van der Waals surface area contributed by atoms with Gasteiger partial charge >= 0.3 is 0 Å². The van der Waals surface area contributed by atoms with Crippen molar-refractivity contribution in [3.63, 3.8) is 0 Å². The molecule has 26 heavy (non-hydrogen) atoms. The third-order valence-corrected chi connectivity index (χ3v) is 5.08. The van der Waals surface area contributed by atoms with Gasteiger partial charge in [0, 0.05) is 33.2 Å². The lowest BCUT2D eigenvalue weighted by Crippen LogP contribution is -2.51. The number of amides is 3. The Bertz CT molecular complexity index is 658. The molecule has 3 fully saturated rings. The van der Waals surface area contributed by atoms with Gasteiger partial charge in [0.2, 0.25) is 17.7 Å². The SMILES string of the molecule is CN(C)C(=O)CN1C(=O)[C@@H]2CC[C@H]1CN(CC(=O)NCc1ccco1)C2. The molecule has 1 aromatic heterocycles. The summed E-state index contributed by atoms with van der Waals surface area (Å²) in [7, 11) is 3.39. The highest BCUT2D eigenvalue weighted by molar-refractivity contribution is 5.87. The van der Waals surface area contributed by atoms with Crippen LogP contribution in [0.4, 0.5) is 0 Å². The van der Waals surface area contributed by atoms with E-state index in [1.54, 1.807) is 31.3 Å². The molecule has 3 amide bonds. The Morgan fingerprint density at radius 2 is 2.08 bits per heavy atom. The van der Waals surface area contributed by atoms with E-state index in [1.165, 1.54) is 4.90 Å². The average molecular weight is 362 g/mol. The summed E-state index contributed by atoms with van der Waals surface area (Å²) < 4.78 is 5.21. The van der Waals surface area contributed by atoms with E-state index < -0.39 is 0 Å². The fourth-order valence-electron chi connectivity index (χ4n) is 3.61. The van der Waals surface area contributed by atoms with Crippen molar-refractivity contribution in [2.45, 2.75) is 25.4 Å². The number of carbonyl (C=O) groups is 3. The summed E-state index contributed by atoms with van der Waals surface area (Å²) in [5.41, 5.74) is 0. The summed E-state index contributed by atoms with van der Waals surface area (Å²) in [6, 6.07) is 3.58. The second kappa shape index (κ2) is 7.90. The van der Waals surface area contributed by atoms with Gasteiger partial charge in [-0.3, -0.25) is 19.3 Å². The first kappa shape index (κ1) is 18.4. The van der Waals surface area contributed by atoms with Crippen LogP contribution in [0.2, 0.25) is 0 Å². The Morgan fingerprint density at radius 1 is 1.27 bits per heavy atom. The zero-order valence-corrected chi connectivity index (χ0v) is 15.3. The molecule has 3 aliphatic heterocycles. The van der Waals surface area contributed by atoms with Gasteiger partial charge in [0.05, 0.1) is 25.3 Å². The zero-order chi connectivity index (χ0) is 18.7. The van der Waals surface area contributed by atoms with Crippen molar-refractivity contribution in [1.82, 2.24) is 20.0 Å². The van der Waals surface area contributed by atoms with Crippen LogP contribution in [0.25, 0.3) is 0 Å². The van der Waals surface area contributed by atoms with Crippen LogP contribution in [-0.2, 0) is 20.9 Å². The highest BCUT2D eigenvalue weighted by Crippen LogP contribution is 2.28. The summed E-state index contributed by atoms with van der Waals surface area (Å²) in [4.78, 5) is 42.2. The number of piperidine rings is 1. The van der Waals surface area contributed by atoms with Gasteiger partial charge in [-0.25, -0.2) is 0 Å². The lowest BCUT2D eigenvalue weighted by Gasteiger charge is -2.36. The Labute approximate surface area is 153 Å². The molecule has 1 aromatic rings. The Morgan fingerprint density at radius 3 is 2.77 bits per heavy atom. The summed E-state index contributed by atoms with van der Waals surface area (Å²) in [5, 5.41) is 2.84. The minimum absolute atomic E-state index is 0.0111. The Hall–Kier alpha value is -2.35. The number of hydrogen-bond acceptors (Lipinski definition) is 5. The minimum atomic E-state index is -0.137. The summed E-state index contributed by atoms with van der Waals surface area (Å²) in [6.07, 6.45) is 3.27. The molecule has 142 valence electrons. The summed E-state index contributed by atoms with van der Waals surface area (Å²) in [6.45, 7) is 1.91. The Kier molecular flexibility index (Phi) is 5.61. The molecular formula is C18H26N4O4. The molecule has 0 radical (unpaired) electrons. The van der Waals surface area contributed by atoms with Crippen molar-refractivity contribution < 1.29 is 18.8 Å². The van der Waals surface area contributed by atoms with Crippen molar-refractivity contribution in [2.75, 3.05) is 40.3 Å². The van der Waals surface area contributed by atoms with Crippen LogP contribution in [0.15, 0.2) is 22.8 Å². The summed E-state index contributed by atoms with van der Waals surface area (Å²) in [5.74, 6) is 0.439. The molecular weight excluding hydrogens is 336 g/mol. The molecule has 0 unspecified atom stereocenters. The van der Waals surface area contributed by atoms with E-state index in [-0.39, 0.29) is 42.8 Å². The minimum Gasteiger partial charge on any atom is -0.467 e. The second-order valence-corrected chi connectivity index (χ2v) is 7.23. The van der Waals surface area contributed by atoms with Crippen LogP contribution >= 0.6 is 0 Å². The third-order valence-electron chi connectivity index (χ3n) is 5.08. The van der Waals surface area contributed by atoms with E-state index in [4.69, 9.17) is 4.42 Å².